The number of benzene rings is 1. The van der Waals surface area contributed by atoms with Gasteiger partial charge in [-0.2, -0.15) is 0 Å². The summed E-state index contributed by atoms with van der Waals surface area (Å²) in [5, 5.41) is 2.80. The van der Waals surface area contributed by atoms with E-state index < -0.39 is 12.5 Å². The minimum absolute atomic E-state index is 0.0753. The molecule has 3 rings (SSSR count). The topological polar surface area (TPSA) is 76.6 Å². The number of nitrogens with one attached hydrogen (secondary N) is 1. The normalized spacial score (nSPS) is 16.4. The second-order valence-electron chi connectivity index (χ2n) is 6.36. The number of ether oxygens (including phenoxy) is 2. The Hall–Kier alpha value is -2.81. The third-order valence-corrected chi connectivity index (χ3v) is 4.45. The second kappa shape index (κ2) is 9.41. The Morgan fingerprint density at radius 3 is 2.93 bits per heavy atom. The molecule has 2 heterocycles. The summed E-state index contributed by atoms with van der Waals surface area (Å²) in [6.45, 7) is 1.73. The van der Waals surface area contributed by atoms with E-state index in [1.54, 1.807) is 24.4 Å². The number of aromatic nitrogens is 2. The molecule has 0 saturated carbocycles. The molecule has 28 heavy (non-hydrogen) atoms. The molecule has 0 aliphatic carbocycles. The van der Waals surface area contributed by atoms with Gasteiger partial charge < -0.3 is 19.7 Å². The lowest BCUT2D eigenvalue weighted by atomic mass is 10.1. The maximum absolute atomic E-state index is 13.3. The minimum Gasteiger partial charge on any atom is -0.447 e. The van der Waals surface area contributed by atoms with Crippen LogP contribution in [0.25, 0.3) is 11.3 Å². The fourth-order valence-electron chi connectivity index (χ4n) is 3.07. The van der Waals surface area contributed by atoms with Gasteiger partial charge in [-0.1, -0.05) is 24.3 Å². The number of amides is 1. The number of alkyl halides is 2. The molecule has 2 aromatic rings. The highest BCUT2D eigenvalue weighted by Gasteiger charge is 2.26. The Bertz CT molecular complexity index is 806. The maximum atomic E-state index is 13.3. The number of halogens is 2. The van der Waals surface area contributed by atoms with Crippen molar-refractivity contribution in [2.75, 3.05) is 38.3 Å². The van der Waals surface area contributed by atoms with Gasteiger partial charge in [-0.05, 0) is 6.42 Å². The first-order valence-corrected chi connectivity index (χ1v) is 8.95. The van der Waals surface area contributed by atoms with Crippen LogP contribution in [0.2, 0.25) is 0 Å². The fourth-order valence-corrected chi connectivity index (χ4v) is 3.07. The lowest BCUT2D eigenvalue weighted by Gasteiger charge is -2.18. The lowest BCUT2D eigenvalue weighted by Crippen LogP contribution is -2.38. The first kappa shape index (κ1) is 19.9. The molecule has 0 bridgehead atoms. The van der Waals surface area contributed by atoms with Gasteiger partial charge >= 0.3 is 6.09 Å². The summed E-state index contributed by atoms with van der Waals surface area (Å²) in [4.78, 5) is 22.4. The standard InChI is InChI=1S/C19H22F2N4O3/c1-27-8-9-28-19(26)23-13-6-7-25(12-13)17-11-22-10-16(24-17)14-4-2-3-5-15(14)18(20)21/h2-5,10-11,13,18H,6-9,12H2,1H3,(H,23,26)/t13-/m1/s1. The van der Waals surface area contributed by atoms with Crippen LogP contribution >= 0.6 is 0 Å². The van der Waals surface area contributed by atoms with Gasteiger partial charge in [0.05, 0.1) is 30.7 Å². The van der Waals surface area contributed by atoms with E-state index in [1.807, 2.05) is 4.90 Å². The summed E-state index contributed by atoms with van der Waals surface area (Å²) in [7, 11) is 1.53. The molecular weight excluding hydrogens is 370 g/mol. The van der Waals surface area contributed by atoms with E-state index >= 15 is 0 Å². The van der Waals surface area contributed by atoms with Crippen LogP contribution in [0.1, 0.15) is 18.4 Å². The zero-order valence-electron chi connectivity index (χ0n) is 15.5. The van der Waals surface area contributed by atoms with Crippen LogP contribution < -0.4 is 10.2 Å². The predicted octanol–water partition coefficient (Wildman–Crippen LogP) is 3.03. The molecule has 1 fully saturated rings. The smallest absolute Gasteiger partial charge is 0.407 e. The largest absolute Gasteiger partial charge is 0.447 e. The number of carbonyl (C=O) groups is 1. The fraction of sp³-hybridized carbons (Fsp3) is 0.421. The maximum Gasteiger partial charge on any atom is 0.407 e. The van der Waals surface area contributed by atoms with E-state index in [9.17, 15) is 13.6 Å². The monoisotopic (exact) mass is 392 g/mol. The lowest BCUT2D eigenvalue weighted by molar-refractivity contribution is 0.0969. The number of hydrogen-bond donors (Lipinski definition) is 1. The Labute approximate surface area is 161 Å². The van der Waals surface area contributed by atoms with Crippen molar-refractivity contribution in [3.05, 3.63) is 42.2 Å². The average molecular weight is 392 g/mol. The number of carbonyl (C=O) groups excluding carboxylic acids is 1. The average Bonchev–Trinajstić information content (AvgIpc) is 3.16. The van der Waals surface area contributed by atoms with Crippen molar-refractivity contribution in [3.63, 3.8) is 0 Å². The third-order valence-electron chi connectivity index (χ3n) is 4.45. The molecule has 1 atom stereocenters. The molecule has 1 N–H and O–H groups in total. The van der Waals surface area contributed by atoms with Gasteiger partial charge in [0, 0.05) is 31.3 Å². The predicted molar refractivity (Wildman–Crippen MR) is 99.4 cm³/mol. The van der Waals surface area contributed by atoms with Crippen molar-refractivity contribution >= 4 is 11.9 Å². The van der Waals surface area contributed by atoms with E-state index in [-0.39, 0.29) is 18.2 Å². The van der Waals surface area contributed by atoms with Crippen LogP contribution in [0, 0.1) is 0 Å². The van der Waals surface area contributed by atoms with Crippen molar-refractivity contribution in [2.24, 2.45) is 0 Å². The molecular formula is C19H22F2N4O3. The van der Waals surface area contributed by atoms with E-state index in [2.05, 4.69) is 15.3 Å². The molecule has 1 aliphatic rings. The van der Waals surface area contributed by atoms with Crippen LogP contribution in [0.4, 0.5) is 19.4 Å². The Balaban J connectivity index is 1.66. The molecule has 1 saturated heterocycles. The molecule has 0 unspecified atom stereocenters. The number of alkyl carbamates (subject to hydrolysis) is 1. The molecule has 7 nitrogen and oxygen atoms in total. The summed E-state index contributed by atoms with van der Waals surface area (Å²) in [6.07, 6.45) is 0.705. The van der Waals surface area contributed by atoms with Gasteiger partial charge in [-0.3, -0.25) is 4.98 Å². The van der Waals surface area contributed by atoms with Crippen LogP contribution in [0.5, 0.6) is 0 Å². The van der Waals surface area contributed by atoms with Gasteiger partial charge in [0.25, 0.3) is 6.43 Å². The van der Waals surface area contributed by atoms with Crippen molar-refractivity contribution < 1.29 is 23.0 Å². The molecule has 0 radical (unpaired) electrons. The Morgan fingerprint density at radius 2 is 2.14 bits per heavy atom. The van der Waals surface area contributed by atoms with Crippen molar-refractivity contribution in [1.82, 2.24) is 15.3 Å². The molecule has 0 spiro atoms. The van der Waals surface area contributed by atoms with Crippen LogP contribution in [0.15, 0.2) is 36.7 Å². The van der Waals surface area contributed by atoms with E-state index in [1.165, 1.54) is 19.4 Å². The number of anilines is 1. The number of rotatable bonds is 7. The highest BCUT2D eigenvalue weighted by atomic mass is 19.3. The molecule has 1 aromatic carbocycles. The molecule has 1 aromatic heterocycles. The summed E-state index contributed by atoms with van der Waals surface area (Å²) < 4.78 is 36.4. The first-order valence-electron chi connectivity index (χ1n) is 8.95. The van der Waals surface area contributed by atoms with Gasteiger partial charge in [-0.25, -0.2) is 18.6 Å². The summed E-state index contributed by atoms with van der Waals surface area (Å²) in [5.41, 5.74) is 0.681. The minimum atomic E-state index is -2.59. The van der Waals surface area contributed by atoms with E-state index in [0.29, 0.717) is 36.8 Å². The summed E-state index contributed by atoms with van der Waals surface area (Å²) in [6, 6.07) is 6.18. The van der Waals surface area contributed by atoms with Gasteiger partial charge in [0.2, 0.25) is 0 Å². The van der Waals surface area contributed by atoms with Gasteiger partial charge in [0.1, 0.15) is 12.4 Å². The summed E-state index contributed by atoms with van der Waals surface area (Å²) in [5.74, 6) is 0.582. The highest BCUT2D eigenvalue weighted by molar-refractivity contribution is 5.68. The Kier molecular flexibility index (Phi) is 6.70. The quantitative estimate of drug-likeness (QED) is 0.730. The number of nitrogens with zero attached hydrogens (tertiary/aromatic N) is 3. The van der Waals surface area contributed by atoms with E-state index in [0.717, 1.165) is 6.42 Å². The van der Waals surface area contributed by atoms with Crippen LogP contribution in [0.3, 0.4) is 0 Å². The first-order chi connectivity index (χ1) is 13.6. The second-order valence-corrected chi connectivity index (χ2v) is 6.36. The van der Waals surface area contributed by atoms with Crippen LogP contribution in [-0.4, -0.2) is 55.5 Å². The summed E-state index contributed by atoms with van der Waals surface area (Å²) >= 11 is 0. The van der Waals surface area contributed by atoms with Crippen molar-refractivity contribution in [3.8, 4) is 11.3 Å². The molecule has 150 valence electrons. The van der Waals surface area contributed by atoms with Crippen LogP contribution in [-0.2, 0) is 9.47 Å². The van der Waals surface area contributed by atoms with Crippen molar-refractivity contribution in [2.45, 2.75) is 18.9 Å². The zero-order chi connectivity index (χ0) is 19.9. The van der Waals surface area contributed by atoms with Gasteiger partial charge in [-0.15, -0.1) is 0 Å². The Morgan fingerprint density at radius 1 is 1.32 bits per heavy atom. The van der Waals surface area contributed by atoms with E-state index in [4.69, 9.17) is 9.47 Å². The highest BCUT2D eigenvalue weighted by Crippen LogP contribution is 2.30. The number of hydrogen-bond acceptors (Lipinski definition) is 6. The zero-order valence-corrected chi connectivity index (χ0v) is 15.5. The SMILES string of the molecule is COCCOC(=O)N[C@@H]1CCN(c2cncc(-c3ccccc3C(F)F)n2)C1. The molecule has 9 heteroatoms. The molecule has 1 amide bonds. The third kappa shape index (κ3) is 4.92. The number of methoxy groups -OCH3 is 1. The molecule has 1 aliphatic heterocycles. The van der Waals surface area contributed by atoms with Gasteiger partial charge in [0.15, 0.2) is 0 Å². The van der Waals surface area contributed by atoms with Crippen molar-refractivity contribution in [1.29, 1.82) is 0 Å².